The summed E-state index contributed by atoms with van der Waals surface area (Å²) < 4.78 is 46.4. The van der Waals surface area contributed by atoms with Gasteiger partial charge in [-0.25, -0.2) is 4.79 Å². The smallest absolute Gasteiger partial charge is 0.416 e. The van der Waals surface area contributed by atoms with Crippen molar-refractivity contribution in [3.63, 3.8) is 0 Å². The molecule has 0 spiro atoms. The van der Waals surface area contributed by atoms with Gasteiger partial charge in [-0.05, 0) is 35.9 Å². The summed E-state index contributed by atoms with van der Waals surface area (Å²) in [7, 11) is 0. The molecular weight excluding hydrogens is 439 g/mol. The third kappa shape index (κ3) is 3.11. The number of carbonyl (C=O) groups is 2. The Morgan fingerprint density at radius 1 is 1.04 bits per heavy atom. The quantitative estimate of drug-likeness (QED) is 0.616. The Bertz CT molecular complexity index is 999. The van der Waals surface area contributed by atoms with E-state index in [9.17, 15) is 22.8 Å². The number of esters is 1. The fraction of sp³-hybridized carbons (Fsp3) is 0.200. The highest BCUT2D eigenvalue weighted by molar-refractivity contribution is 9.10. The zero-order chi connectivity index (χ0) is 20.1. The summed E-state index contributed by atoms with van der Waals surface area (Å²) in [5.41, 5.74) is -0.00655. The van der Waals surface area contributed by atoms with Crippen molar-refractivity contribution in [1.82, 2.24) is 0 Å². The van der Waals surface area contributed by atoms with Gasteiger partial charge in [0.2, 0.25) is 5.91 Å². The number of nitrogens with zero attached hydrogens (tertiary/aromatic N) is 1. The molecule has 0 N–H and O–H groups in total. The maximum Gasteiger partial charge on any atom is 0.416 e. The highest BCUT2D eigenvalue weighted by Gasteiger charge is 2.45. The van der Waals surface area contributed by atoms with E-state index in [0.29, 0.717) is 11.4 Å². The second-order valence-corrected chi connectivity index (χ2v) is 7.40. The summed E-state index contributed by atoms with van der Waals surface area (Å²) in [5.74, 6) is -2.07. The fourth-order valence-electron chi connectivity index (χ4n) is 3.67. The number of cyclic esters (lactones) is 1. The first kappa shape index (κ1) is 18.7. The van der Waals surface area contributed by atoms with E-state index in [1.165, 1.54) is 23.1 Å². The molecule has 0 saturated carbocycles. The standard InChI is InChI=1S/C20H13BrF3NO3/c21-11-5-7-12(8-6-11)25-16-10-28-19(27)18(16)14(9-17(25)26)13-3-1-2-4-15(13)20(22,23)24/h1-8,14H,9-10H2. The second kappa shape index (κ2) is 6.77. The van der Waals surface area contributed by atoms with Gasteiger partial charge in [0.15, 0.2) is 0 Å². The van der Waals surface area contributed by atoms with Gasteiger partial charge in [0.1, 0.15) is 6.61 Å². The summed E-state index contributed by atoms with van der Waals surface area (Å²) in [6.07, 6.45) is -4.84. The monoisotopic (exact) mass is 451 g/mol. The van der Waals surface area contributed by atoms with Crippen molar-refractivity contribution in [2.24, 2.45) is 0 Å². The average Bonchev–Trinajstić information content (AvgIpc) is 3.03. The van der Waals surface area contributed by atoms with Crippen molar-refractivity contribution in [3.8, 4) is 0 Å². The minimum absolute atomic E-state index is 0.0924. The van der Waals surface area contributed by atoms with Gasteiger partial charge in [0.05, 0.1) is 16.8 Å². The number of hydrogen-bond acceptors (Lipinski definition) is 3. The van der Waals surface area contributed by atoms with Crippen LogP contribution in [0.15, 0.2) is 64.3 Å². The SMILES string of the molecule is O=C1OCC2=C1C(c1ccccc1C(F)(F)F)CC(=O)N2c1ccc(Br)cc1. The van der Waals surface area contributed by atoms with Crippen LogP contribution in [0.25, 0.3) is 0 Å². The van der Waals surface area contributed by atoms with Crippen LogP contribution in [0.4, 0.5) is 18.9 Å². The Morgan fingerprint density at radius 3 is 2.39 bits per heavy atom. The molecule has 4 nitrogen and oxygen atoms in total. The minimum Gasteiger partial charge on any atom is -0.456 e. The van der Waals surface area contributed by atoms with Gasteiger partial charge in [0.25, 0.3) is 0 Å². The van der Waals surface area contributed by atoms with Crippen molar-refractivity contribution in [2.45, 2.75) is 18.5 Å². The van der Waals surface area contributed by atoms with Crippen LogP contribution in [0, 0.1) is 0 Å². The lowest BCUT2D eigenvalue weighted by molar-refractivity contribution is -0.139. The van der Waals surface area contributed by atoms with E-state index in [4.69, 9.17) is 4.74 Å². The van der Waals surface area contributed by atoms with Crippen LogP contribution in [0.3, 0.4) is 0 Å². The Labute approximate surface area is 166 Å². The zero-order valence-electron chi connectivity index (χ0n) is 14.3. The normalized spacial score (nSPS) is 19.7. The second-order valence-electron chi connectivity index (χ2n) is 6.48. The number of hydrogen-bond donors (Lipinski definition) is 0. The summed E-state index contributed by atoms with van der Waals surface area (Å²) in [4.78, 5) is 26.7. The molecule has 1 atom stereocenters. The molecule has 0 bridgehead atoms. The molecule has 2 aromatic carbocycles. The van der Waals surface area contributed by atoms with Crippen LogP contribution in [0.2, 0.25) is 0 Å². The van der Waals surface area contributed by atoms with Gasteiger partial charge >= 0.3 is 12.1 Å². The molecule has 0 saturated heterocycles. The van der Waals surface area contributed by atoms with E-state index >= 15 is 0 Å². The maximum absolute atomic E-state index is 13.5. The van der Waals surface area contributed by atoms with E-state index in [1.54, 1.807) is 24.3 Å². The number of rotatable bonds is 2. The molecule has 2 aliphatic heterocycles. The molecule has 0 radical (unpaired) electrons. The number of alkyl halides is 3. The van der Waals surface area contributed by atoms with Gasteiger partial charge in [-0.2, -0.15) is 13.2 Å². The van der Waals surface area contributed by atoms with Crippen molar-refractivity contribution in [3.05, 3.63) is 75.4 Å². The highest BCUT2D eigenvalue weighted by atomic mass is 79.9. The Kier molecular flexibility index (Phi) is 4.53. The molecule has 4 rings (SSSR count). The first-order valence-electron chi connectivity index (χ1n) is 8.42. The van der Waals surface area contributed by atoms with Crippen LogP contribution in [-0.4, -0.2) is 18.5 Å². The van der Waals surface area contributed by atoms with Crippen molar-refractivity contribution in [1.29, 1.82) is 0 Å². The number of halogens is 4. The molecule has 2 heterocycles. The van der Waals surface area contributed by atoms with Crippen LogP contribution in [-0.2, 0) is 20.5 Å². The summed E-state index contributed by atoms with van der Waals surface area (Å²) in [6, 6.07) is 11.9. The predicted octanol–water partition coefficient (Wildman–Crippen LogP) is 4.80. The molecule has 2 aromatic rings. The Balaban J connectivity index is 1.86. The number of ether oxygens (including phenoxy) is 1. The van der Waals surface area contributed by atoms with Crippen molar-refractivity contribution in [2.75, 3.05) is 11.5 Å². The number of benzene rings is 2. The van der Waals surface area contributed by atoms with Crippen molar-refractivity contribution < 1.29 is 27.5 Å². The largest absolute Gasteiger partial charge is 0.456 e. The predicted molar refractivity (Wildman–Crippen MR) is 98.4 cm³/mol. The molecule has 28 heavy (non-hydrogen) atoms. The van der Waals surface area contributed by atoms with E-state index in [1.807, 2.05) is 0 Å². The van der Waals surface area contributed by atoms with Crippen LogP contribution in [0.5, 0.6) is 0 Å². The average molecular weight is 452 g/mol. The Hall–Kier alpha value is -2.61. The topological polar surface area (TPSA) is 46.6 Å². The summed E-state index contributed by atoms with van der Waals surface area (Å²) in [5, 5.41) is 0. The summed E-state index contributed by atoms with van der Waals surface area (Å²) >= 11 is 3.32. The molecule has 0 aliphatic carbocycles. The third-order valence-corrected chi connectivity index (χ3v) is 5.37. The maximum atomic E-state index is 13.5. The van der Waals surface area contributed by atoms with Gasteiger partial charge in [-0.15, -0.1) is 0 Å². The van der Waals surface area contributed by atoms with Crippen LogP contribution in [0.1, 0.15) is 23.5 Å². The Morgan fingerprint density at radius 2 is 1.71 bits per heavy atom. The lowest BCUT2D eigenvalue weighted by Gasteiger charge is -2.32. The lowest BCUT2D eigenvalue weighted by atomic mass is 9.82. The van der Waals surface area contributed by atoms with Gasteiger partial charge in [-0.1, -0.05) is 34.1 Å². The van der Waals surface area contributed by atoms with Crippen molar-refractivity contribution >= 4 is 33.5 Å². The molecule has 0 fully saturated rings. The lowest BCUT2D eigenvalue weighted by Crippen LogP contribution is -2.38. The third-order valence-electron chi connectivity index (χ3n) is 4.84. The van der Waals surface area contributed by atoms with Gasteiger partial charge < -0.3 is 4.74 Å². The van der Waals surface area contributed by atoms with Gasteiger partial charge in [-0.3, -0.25) is 9.69 Å². The number of amides is 1. The number of carbonyl (C=O) groups excluding carboxylic acids is 2. The first-order chi connectivity index (χ1) is 13.3. The van der Waals surface area contributed by atoms with Crippen LogP contribution >= 0.6 is 15.9 Å². The highest BCUT2D eigenvalue weighted by Crippen LogP contribution is 2.45. The molecule has 1 amide bonds. The van der Waals surface area contributed by atoms with E-state index < -0.39 is 23.6 Å². The van der Waals surface area contributed by atoms with E-state index in [0.717, 1.165) is 10.5 Å². The summed E-state index contributed by atoms with van der Waals surface area (Å²) in [6.45, 7) is -0.152. The molecule has 0 aromatic heterocycles. The number of anilines is 1. The molecule has 1 unspecified atom stereocenters. The van der Waals surface area contributed by atoms with E-state index in [-0.39, 0.29) is 30.1 Å². The zero-order valence-corrected chi connectivity index (χ0v) is 15.9. The molecular formula is C20H13BrF3NO3. The molecule has 144 valence electrons. The van der Waals surface area contributed by atoms with Gasteiger partial charge in [0, 0.05) is 22.5 Å². The minimum atomic E-state index is -4.59. The first-order valence-corrected chi connectivity index (χ1v) is 9.21. The fourth-order valence-corrected chi connectivity index (χ4v) is 3.93. The van der Waals surface area contributed by atoms with E-state index in [2.05, 4.69) is 15.9 Å². The molecule has 2 aliphatic rings. The molecule has 8 heteroatoms. The van der Waals surface area contributed by atoms with Crippen LogP contribution < -0.4 is 4.90 Å².